The molecule has 0 aliphatic carbocycles. The molecule has 0 spiro atoms. The van der Waals surface area contributed by atoms with Crippen molar-refractivity contribution in [1.29, 1.82) is 0 Å². The van der Waals surface area contributed by atoms with Crippen LogP contribution in [0, 0.1) is 12.7 Å². The lowest BCUT2D eigenvalue weighted by Crippen LogP contribution is -2.24. The van der Waals surface area contributed by atoms with Gasteiger partial charge in [-0.2, -0.15) is 0 Å². The normalized spacial score (nSPS) is 11.3. The molecule has 7 heteroatoms. The van der Waals surface area contributed by atoms with E-state index in [-0.39, 0.29) is 11.4 Å². The highest BCUT2D eigenvalue weighted by Crippen LogP contribution is 2.17. The van der Waals surface area contributed by atoms with Gasteiger partial charge in [0.15, 0.2) is 0 Å². The first-order valence-electron chi connectivity index (χ1n) is 8.31. The zero-order valence-corrected chi connectivity index (χ0v) is 15.5. The number of sulfonamides is 1. The topological polar surface area (TPSA) is 68.3 Å². The molecule has 0 amide bonds. The maximum Gasteiger partial charge on any atom is 0.243 e. The highest BCUT2D eigenvalue weighted by molar-refractivity contribution is 7.89. The van der Waals surface area contributed by atoms with Crippen LogP contribution in [0.15, 0.2) is 71.8 Å². The molecule has 1 aromatic heterocycles. The van der Waals surface area contributed by atoms with Crippen LogP contribution in [-0.2, 0) is 23.2 Å². The van der Waals surface area contributed by atoms with Crippen LogP contribution in [0.25, 0.3) is 0 Å². The van der Waals surface area contributed by atoms with Gasteiger partial charge in [0, 0.05) is 12.7 Å². The van der Waals surface area contributed by atoms with E-state index in [1.807, 2.05) is 18.2 Å². The molecule has 3 rings (SSSR count). The van der Waals surface area contributed by atoms with Gasteiger partial charge in [0.2, 0.25) is 10.0 Å². The molecule has 140 valence electrons. The molecule has 0 atom stereocenters. The molecule has 0 unspecified atom stereocenters. The van der Waals surface area contributed by atoms with Gasteiger partial charge in [-0.1, -0.05) is 24.3 Å². The summed E-state index contributed by atoms with van der Waals surface area (Å²) in [7, 11) is -3.93. The molecular weight excluding hydrogens is 367 g/mol. The van der Waals surface area contributed by atoms with Gasteiger partial charge in [0.05, 0.1) is 5.69 Å². The molecule has 0 saturated heterocycles. The highest BCUT2D eigenvalue weighted by atomic mass is 32.2. The Morgan fingerprint density at radius 1 is 1.07 bits per heavy atom. The lowest BCUT2D eigenvalue weighted by molar-refractivity contribution is 0.301. The molecule has 0 aliphatic heterocycles. The Bertz CT molecular complexity index is 1010. The van der Waals surface area contributed by atoms with Gasteiger partial charge in [0.25, 0.3) is 0 Å². The molecule has 0 bridgehead atoms. The fourth-order valence-corrected chi connectivity index (χ4v) is 3.59. The van der Waals surface area contributed by atoms with Crippen LogP contribution in [0.2, 0.25) is 0 Å². The summed E-state index contributed by atoms with van der Waals surface area (Å²) >= 11 is 0. The lowest BCUT2D eigenvalue weighted by atomic mass is 10.2. The predicted molar refractivity (Wildman–Crippen MR) is 100 cm³/mol. The highest BCUT2D eigenvalue weighted by Gasteiger charge is 2.18. The van der Waals surface area contributed by atoms with Crippen molar-refractivity contribution in [3.63, 3.8) is 0 Å². The number of aromatic nitrogens is 1. The lowest BCUT2D eigenvalue weighted by Gasteiger charge is -2.10. The minimum atomic E-state index is -3.93. The fraction of sp³-hybridized carbons (Fsp3) is 0.150. The van der Waals surface area contributed by atoms with Crippen molar-refractivity contribution in [2.75, 3.05) is 0 Å². The second kappa shape index (κ2) is 8.28. The first-order valence-corrected chi connectivity index (χ1v) is 9.80. The van der Waals surface area contributed by atoms with E-state index in [0.29, 0.717) is 17.9 Å². The smallest absolute Gasteiger partial charge is 0.243 e. The minimum Gasteiger partial charge on any atom is -0.487 e. The monoisotopic (exact) mass is 386 g/mol. The second-order valence-electron chi connectivity index (χ2n) is 6.01. The number of nitrogens with zero attached hydrogens (tertiary/aromatic N) is 1. The van der Waals surface area contributed by atoms with Gasteiger partial charge in [-0.25, -0.2) is 17.5 Å². The third kappa shape index (κ3) is 5.12. The molecule has 1 N–H and O–H groups in total. The van der Waals surface area contributed by atoms with Gasteiger partial charge in [-0.15, -0.1) is 0 Å². The Balaban J connectivity index is 1.60. The number of aryl methyl sites for hydroxylation is 1. The number of hydrogen-bond donors (Lipinski definition) is 1. The van der Waals surface area contributed by atoms with Gasteiger partial charge in [-0.05, 0) is 54.4 Å². The minimum absolute atomic E-state index is 0.0518. The Morgan fingerprint density at radius 3 is 2.56 bits per heavy atom. The van der Waals surface area contributed by atoms with Crippen LogP contribution in [0.1, 0.15) is 16.8 Å². The fourth-order valence-electron chi connectivity index (χ4n) is 2.42. The number of pyridine rings is 1. The molecular formula is C20H19FN2O3S. The van der Waals surface area contributed by atoms with E-state index in [1.165, 1.54) is 12.1 Å². The van der Waals surface area contributed by atoms with Crippen molar-refractivity contribution in [3.05, 3.63) is 89.5 Å². The molecule has 0 fully saturated rings. The van der Waals surface area contributed by atoms with E-state index in [2.05, 4.69) is 9.71 Å². The molecule has 3 aromatic rings. The molecule has 0 radical (unpaired) electrons. The summed E-state index contributed by atoms with van der Waals surface area (Å²) in [5.74, 6) is -0.122. The predicted octanol–water partition coefficient (Wildman–Crippen LogP) is 3.59. The van der Waals surface area contributed by atoms with Gasteiger partial charge in [-0.3, -0.25) is 4.98 Å². The summed E-state index contributed by atoms with van der Waals surface area (Å²) < 4.78 is 46.5. The third-order valence-corrected chi connectivity index (χ3v) is 5.30. The van der Waals surface area contributed by atoms with E-state index < -0.39 is 15.8 Å². The number of nitrogens with one attached hydrogen (secondary N) is 1. The zero-order chi connectivity index (χ0) is 19.3. The maximum absolute atomic E-state index is 13.8. The number of hydrogen-bond acceptors (Lipinski definition) is 4. The van der Waals surface area contributed by atoms with E-state index in [9.17, 15) is 12.8 Å². The van der Waals surface area contributed by atoms with Crippen LogP contribution in [0.3, 0.4) is 0 Å². The maximum atomic E-state index is 13.8. The second-order valence-corrected chi connectivity index (χ2v) is 7.75. The van der Waals surface area contributed by atoms with Crippen molar-refractivity contribution in [3.8, 4) is 5.75 Å². The van der Waals surface area contributed by atoms with E-state index in [0.717, 1.165) is 17.3 Å². The van der Waals surface area contributed by atoms with Crippen LogP contribution in [0.5, 0.6) is 5.75 Å². The molecule has 1 heterocycles. The Hall–Kier alpha value is -2.77. The van der Waals surface area contributed by atoms with Gasteiger partial charge < -0.3 is 4.74 Å². The quantitative estimate of drug-likeness (QED) is 0.674. The van der Waals surface area contributed by atoms with Crippen molar-refractivity contribution in [2.45, 2.75) is 25.0 Å². The van der Waals surface area contributed by atoms with E-state index in [4.69, 9.17) is 4.74 Å². The van der Waals surface area contributed by atoms with E-state index in [1.54, 1.807) is 37.4 Å². The SMILES string of the molecule is Cc1ccc(F)c(S(=O)(=O)NCc2ccc(OCc3ccccn3)cc2)c1. The summed E-state index contributed by atoms with van der Waals surface area (Å²) in [6.45, 7) is 2.11. The van der Waals surface area contributed by atoms with Crippen molar-refractivity contribution in [2.24, 2.45) is 0 Å². The molecule has 27 heavy (non-hydrogen) atoms. The molecule has 2 aromatic carbocycles. The summed E-state index contributed by atoms with van der Waals surface area (Å²) in [5, 5.41) is 0. The Kier molecular flexibility index (Phi) is 5.83. The largest absolute Gasteiger partial charge is 0.487 e. The molecule has 0 aliphatic rings. The Morgan fingerprint density at radius 2 is 1.85 bits per heavy atom. The van der Waals surface area contributed by atoms with Crippen LogP contribution < -0.4 is 9.46 Å². The third-order valence-electron chi connectivity index (χ3n) is 3.88. The number of rotatable bonds is 7. The summed E-state index contributed by atoms with van der Waals surface area (Å²) in [5.41, 5.74) is 2.22. The molecule has 5 nitrogen and oxygen atoms in total. The van der Waals surface area contributed by atoms with Crippen molar-refractivity contribution in [1.82, 2.24) is 9.71 Å². The van der Waals surface area contributed by atoms with Crippen molar-refractivity contribution >= 4 is 10.0 Å². The van der Waals surface area contributed by atoms with Crippen LogP contribution >= 0.6 is 0 Å². The van der Waals surface area contributed by atoms with E-state index >= 15 is 0 Å². The summed E-state index contributed by atoms with van der Waals surface area (Å²) in [6.07, 6.45) is 1.70. The molecule has 0 saturated carbocycles. The standard InChI is InChI=1S/C20H19FN2O3S/c1-15-5-10-19(21)20(12-15)27(24,25)23-13-16-6-8-18(9-7-16)26-14-17-4-2-3-11-22-17/h2-12,23H,13-14H2,1H3. The van der Waals surface area contributed by atoms with Crippen LogP contribution in [0.4, 0.5) is 4.39 Å². The number of ether oxygens (including phenoxy) is 1. The number of benzene rings is 2. The first-order chi connectivity index (χ1) is 12.9. The van der Waals surface area contributed by atoms with Crippen molar-refractivity contribution < 1.29 is 17.5 Å². The first kappa shape index (κ1) is 19.0. The van der Waals surface area contributed by atoms with Gasteiger partial charge >= 0.3 is 0 Å². The van der Waals surface area contributed by atoms with Crippen LogP contribution in [-0.4, -0.2) is 13.4 Å². The average molecular weight is 386 g/mol. The van der Waals surface area contributed by atoms with Gasteiger partial charge in [0.1, 0.15) is 23.1 Å². The number of halogens is 1. The summed E-state index contributed by atoms with van der Waals surface area (Å²) in [6, 6.07) is 16.6. The zero-order valence-electron chi connectivity index (χ0n) is 14.7. The Labute approximate surface area is 157 Å². The summed E-state index contributed by atoms with van der Waals surface area (Å²) in [4.78, 5) is 3.83. The average Bonchev–Trinajstić information content (AvgIpc) is 2.68.